The highest BCUT2D eigenvalue weighted by Gasteiger charge is 2.23. The van der Waals surface area contributed by atoms with E-state index in [1.165, 1.54) is 18.5 Å². The van der Waals surface area contributed by atoms with Gasteiger partial charge < -0.3 is 14.8 Å². The highest BCUT2D eigenvalue weighted by molar-refractivity contribution is 5.44. The Labute approximate surface area is 119 Å². The second-order valence-electron chi connectivity index (χ2n) is 5.40. The van der Waals surface area contributed by atoms with Gasteiger partial charge in [-0.3, -0.25) is 0 Å². The van der Waals surface area contributed by atoms with Gasteiger partial charge in [0.05, 0.1) is 0 Å². The molecule has 0 radical (unpaired) electrons. The summed E-state index contributed by atoms with van der Waals surface area (Å²) in [6.45, 7) is 4.01. The third-order valence-electron chi connectivity index (χ3n) is 3.92. The Bertz CT molecular complexity index is 563. The standard InChI is InChI=1S/C15H21N5/c1-12-17-18-15(19(12)2)20-10-6-9-14(11-20)16-13-7-4-3-5-8-13/h3-5,7-8,14,16H,6,9-11H2,1-2H3. The van der Waals surface area contributed by atoms with Crippen LogP contribution in [0, 0.1) is 6.92 Å². The summed E-state index contributed by atoms with van der Waals surface area (Å²) in [7, 11) is 2.03. The Morgan fingerprint density at radius 2 is 2.00 bits per heavy atom. The summed E-state index contributed by atoms with van der Waals surface area (Å²) in [5, 5.41) is 12.1. The Morgan fingerprint density at radius 1 is 1.20 bits per heavy atom. The van der Waals surface area contributed by atoms with E-state index in [1.807, 2.05) is 20.0 Å². The van der Waals surface area contributed by atoms with Crippen molar-refractivity contribution in [2.24, 2.45) is 7.05 Å². The average molecular weight is 271 g/mol. The van der Waals surface area contributed by atoms with Crippen LogP contribution in [0.1, 0.15) is 18.7 Å². The lowest BCUT2D eigenvalue weighted by Gasteiger charge is -2.34. The van der Waals surface area contributed by atoms with Gasteiger partial charge in [-0.2, -0.15) is 0 Å². The molecule has 0 spiro atoms. The maximum atomic E-state index is 4.29. The zero-order valence-electron chi connectivity index (χ0n) is 12.1. The van der Waals surface area contributed by atoms with Crippen molar-refractivity contribution in [3.05, 3.63) is 36.2 Å². The lowest BCUT2D eigenvalue weighted by Crippen LogP contribution is -2.43. The van der Waals surface area contributed by atoms with Crippen molar-refractivity contribution in [2.45, 2.75) is 25.8 Å². The first-order chi connectivity index (χ1) is 9.74. The Morgan fingerprint density at radius 3 is 2.70 bits per heavy atom. The van der Waals surface area contributed by atoms with Crippen molar-refractivity contribution in [3.8, 4) is 0 Å². The molecule has 1 aromatic heterocycles. The minimum atomic E-state index is 0.461. The molecule has 5 heteroatoms. The van der Waals surface area contributed by atoms with E-state index in [9.17, 15) is 0 Å². The van der Waals surface area contributed by atoms with Crippen LogP contribution < -0.4 is 10.2 Å². The van der Waals surface area contributed by atoms with Crippen LogP contribution in [0.2, 0.25) is 0 Å². The molecule has 3 rings (SSSR count). The van der Waals surface area contributed by atoms with Gasteiger partial charge in [-0.1, -0.05) is 18.2 Å². The van der Waals surface area contributed by atoms with E-state index in [2.05, 4.69) is 49.2 Å². The molecule has 5 nitrogen and oxygen atoms in total. The lowest BCUT2D eigenvalue weighted by atomic mass is 10.1. The van der Waals surface area contributed by atoms with Gasteiger partial charge in [-0.05, 0) is 31.9 Å². The molecule has 1 aliphatic rings. The van der Waals surface area contributed by atoms with Crippen LogP contribution >= 0.6 is 0 Å². The second kappa shape index (κ2) is 5.53. The van der Waals surface area contributed by atoms with Crippen LogP contribution in [0.3, 0.4) is 0 Å². The van der Waals surface area contributed by atoms with Crippen LogP contribution in [0.25, 0.3) is 0 Å². The summed E-state index contributed by atoms with van der Waals surface area (Å²) in [5.41, 5.74) is 1.19. The molecule has 0 amide bonds. The van der Waals surface area contributed by atoms with Crippen LogP contribution in [0.5, 0.6) is 0 Å². The normalized spacial score (nSPS) is 19.1. The molecule has 2 heterocycles. The number of hydrogen-bond acceptors (Lipinski definition) is 4. The second-order valence-corrected chi connectivity index (χ2v) is 5.40. The van der Waals surface area contributed by atoms with Crippen molar-refractivity contribution < 1.29 is 0 Å². The van der Waals surface area contributed by atoms with Crippen molar-refractivity contribution in [2.75, 3.05) is 23.3 Å². The molecule has 1 fully saturated rings. The summed E-state index contributed by atoms with van der Waals surface area (Å²) in [5.74, 6) is 1.93. The third kappa shape index (κ3) is 2.61. The summed E-state index contributed by atoms with van der Waals surface area (Å²) >= 11 is 0. The minimum Gasteiger partial charge on any atom is -0.381 e. The number of nitrogens with one attached hydrogen (secondary N) is 1. The van der Waals surface area contributed by atoms with Crippen molar-refractivity contribution in [3.63, 3.8) is 0 Å². The monoisotopic (exact) mass is 271 g/mol. The van der Waals surface area contributed by atoms with Gasteiger partial charge in [0.25, 0.3) is 0 Å². The van der Waals surface area contributed by atoms with E-state index in [0.717, 1.165) is 24.9 Å². The smallest absolute Gasteiger partial charge is 0.227 e. The molecule has 0 bridgehead atoms. The Hall–Kier alpha value is -2.04. The predicted octanol–water partition coefficient (Wildman–Crippen LogP) is 2.20. The van der Waals surface area contributed by atoms with Gasteiger partial charge >= 0.3 is 0 Å². The number of aromatic nitrogens is 3. The predicted molar refractivity (Wildman–Crippen MR) is 81.0 cm³/mol. The number of para-hydroxylation sites is 1. The van der Waals surface area contributed by atoms with E-state index < -0.39 is 0 Å². The van der Waals surface area contributed by atoms with Crippen molar-refractivity contribution in [1.29, 1.82) is 0 Å². The molecule has 1 aliphatic heterocycles. The van der Waals surface area contributed by atoms with Crippen LogP contribution in [-0.4, -0.2) is 33.9 Å². The quantitative estimate of drug-likeness (QED) is 0.929. The van der Waals surface area contributed by atoms with E-state index in [0.29, 0.717) is 6.04 Å². The average Bonchev–Trinajstić information content (AvgIpc) is 2.80. The number of anilines is 2. The molecule has 1 N–H and O–H groups in total. The first-order valence-corrected chi connectivity index (χ1v) is 7.16. The Kier molecular flexibility index (Phi) is 3.58. The number of nitrogens with zero attached hydrogens (tertiary/aromatic N) is 4. The molecule has 1 unspecified atom stereocenters. The molecular formula is C15H21N5. The molecular weight excluding hydrogens is 250 g/mol. The zero-order valence-corrected chi connectivity index (χ0v) is 12.1. The van der Waals surface area contributed by atoms with E-state index >= 15 is 0 Å². The van der Waals surface area contributed by atoms with Gasteiger partial charge in [-0.15, -0.1) is 10.2 Å². The summed E-state index contributed by atoms with van der Waals surface area (Å²) in [4.78, 5) is 2.32. The highest BCUT2D eigenvalue weighted by atomic mass is 15.4. The van der Waals surface area contributed by atoms with Crippen molar-refractivity contribution >= 4 is 11.6 Å². The fraction of sp³-hybridized carbons (Fsp3) is 0.467. The summed E-state index contributed by atoms with van der Waals surface area (Å²) < 4.78 is 2.06. The SMILES string of the molecule is Cc1nnc(N2CCCC(Nc3ccccc3)C2)n1C. The largest absolute Gasteiger partial charge is 0.381 e. The summed E-state index contributed by atoms with van der Waals surface area (Å²) in [6, 6.07) is 10.9. The van der Waals surface area contributed by atoms with Gasteiger partial charge in [0.2, 0.25) is 5.95 Å². The molecule has 1 saturated heterocycles. The molecule has 20 heavy (non-hydrogen) atoms. The first-order valence-electron chi connectivity index (χ1n) is 7.16. The number of aryl methyl sites for hydroxylation is 1. The highest BCUT2D eigenvalue weighted by Crippen LogP contribution is 2.20. The van der Waals surface area contributed by atoms with Crippen LogP contribution in [-0.2, 0) is 7.05 Å². The van der Waals surface area contributed by atoms with Gasteiger partial charge in [0, 0.05) is 31.9 Å². The van der Waals surface area contributed by atoms with E-state index in [-0.39, 0.29) is 0 Å². The minimum absolute atomic E-state index is 0.461. The van der Waals surface area contributed by atoms with Crippen LogP contribution in [0.4, 0.5) is 11.6 Å². The third-order valence-corrected chi connectivity index (χ3v) is 3.92. The zero-order chi connectivity index (χ0) is 13.9. The molecule has 106 valence electrons. The number of hydrogen-bond donors (Lipinski definition) is 1. The van der Waals surface area contributed by atoms with E-state index in [1.54, 1.807) is 0 Å². The molecule has 0 saturated carbocycles. The van der Waals surface area contributed by atoms with Gasteiger partial charge in [-0.25, -0.2) is 0 Å². The molecule has 2 aromatic rings. The van der Waals surface area contributed by atoms with Gasteiger partial charge in [0.1, 0.15) is 5.82 Å². The van der Waals surface area contributed by atoms with Gasteiger partial charge in [0.15, 0.2) is 0 Å². The maximum absolute atomic E-state index is 4.29. The van der Waals surface area contributed by atoms with Crippen LogP contribution in [0.15, 0.2) is 30.3 Å². The number of piperidine rings is 1. The topological polar surface area (TPSA) is 46.0 Å². The fourth-order valence-electron chi connectivity index (χ4n) is 2.72. The number of benzene rings is 1. The molecule has 0 aliphatic carbocycles. The number of rotatable bonds is 3. The lowest BCUT2D eigenvalue weighted by molar-refractivity contribution is 0.518. The summed E-state index contributed by atoms with van der Waals surface area (Å²) in [6.07, 6.45) is 2.37. The maximum Gasteiger partial charge on any atom is 0.227 e. The first kappa shape index (κ1) is 13.0. The molecule has 1 atom stereocenters. The molecule has 1 aromatic carbocycles. The fourth-order valence-corrected chi connectivity index (χ4v) is 2.72. The van der Waals surface area contributed by atoms with E-state index in [4.69, 9.17) is 0 Å². The Balaban J connectivity index is 1.69. The van der Waals surface area contributed by atoms with Crippen molar-refractivity contribution in [1.82, 2.24) is 14.8 Å².